The fourth-order valence-electron chi connectivity index (χ4n) is 3.42. The van der Waals surface area contributed by atoms with Crippen LogP contribution < -0.4 is 15.0 Å². The molecule has 1 N–H and O–H groups in total. The topological polar surface area (TPSA) is 61.9 Å². The maximum atomic E-state index is 12.3. The van der Waals surface area contributed by atoms with Gasteiger partial charge in [0.05, 0.1) is 15.7 Å². The molecule has 1 saturated heterocycles. The standard InChI is InChI=1S/C23H27Cl2N3O3/c1-16(2)13-23(30)28-11-9-27(10-12-28)20-8-7-17(14-19(20)25)26-22(29)15-31-21-6-4-3-5-18(21)24/h3-8,14,16H,9-13,15H2,1-2H3,(H,26,29). The van der Waals surface area contributed by atoms with Crippen molar-refractivity contribution in [3.63, 3.8) is 0 Å². The Labute approximate surface area is 193 Å². The van der Waals surface area contributed by atoms with E-state index in [2.05, 4.69) is 24.1 Å². The van der Waals surface area contributed by atoms with Gasteiger partial charge >= 0.3 is 0 Å². The summed E-state index contributed by atoms with van der Waals surface area (Å²) in [6.45, 7) is 6.76. The molecule has 1 fully saturated rings. The number of para-hydroxylation sites is 1. The minimum absolute atomic E-state index is 0.157. The predicted molar refractivity (Wildman–Crippen MR) is 125 cm³/mol. The van der Waals surface area contributed by atoms with Crippen LogP contribution in [-0.4, -0.2) is 49.5 Å². The molecule has 0 unspecified atom stereocenters. The number of hydrogen-bond donors (Lipinski definition) is 1. The molecule has 0 aromatic heterocycles. The number of nitrogens with zero attached hydrogens (tertiary/aromatic N) is 2. The second-order valence-electron chi connectivity index (χ2n) is 7.90. The highest BCUT2D eigenvalue weighted by molar-refractivity contribution is 6.33. The fourth-order valence-corrected chi connectivity index (χ4v) is 3.91. The highest BCUT2D eigenvalue weighted by atomic mass is 35.5. The summed E-state index contributed by atoms with van der Waals surface area (Å²) >= 11 is 12.5. The smallest absolute Gasteiger partial charge is 0.262 e. The van der Waals surface area contributed by atoms with Crippen LogP contribution in [0.3, 0.4) is 0 Å². The molecule has 2 aromatic carbocycles. The van der Waals surface area contributed by atoms with E-state index in [4.69, 9.17) is 27.9 Å². The third-order valence-electron chi connectivity index (χ3n) is 4.98. The van der Waals surface area contributed by atoms with E-state index >= 15 is 0 Å². The Morgan fingerprint density at radius 1 is 1.03 bits per heavy atom. The molecule has 0 radical (unpaired) electrons. The zero-order valence-corrected chi connectivity index (χ0v) is 19.2. The van der Waals surface area contributed by atoms with Crippen LogP contribution in [0, 0.1) is 5.92 Å². The van der Waals surface area contributed by atoms with Crippen LogP contribution in [0.15, 0.2) is 42.5 Å². The molecule has 1 aliphatic heterocycles. The van der Waals surface area contributed by atoms with Crippen molar-refractivity contribution in [3.05, 3.63) is 52.5 Å². The van der Waals surface area contributed by atoms with Gasteiger partial charge in [0.25, 0.3) is 5.91 Å². The molecule has 0 bridgehead atoms. The second-order valence-corrected chi connectivity index (χ2v) is 8.71. The quantitative estimate of drug-likeness (QED) is 0.645. The van der Waals surface area contributed by atoms with Crippen molar-refractivity contribution < 1.29 is 14.3 Å². The molecule has 1 heterocycles. The van der Waals surface area contributed by atoms with Crippen LogP contribution in [0.5, 0.6) is 5.75 Å². The first-order chi connectivity index (χ1) is 14.8. The molecule has 1 aliphatic rings. The zero-order valence-electron chi connectivity index (χ0n) is 17.7. The maximum absolute atomic E-state index is 12.3. The van der Waals surface area contributed by atoms with Gasteiger partial charge in [-0.3, -0.25) is 9.59 Å². The number of halogens is 2. The van der Waals surface area contributed by atoms with Crippen molar-refractivity contribution in [3.8, 4) is 5.75 Å². The van der Waals surface area contributed by atoms with Gasteiger partial charge in [-0.1, -0.05) is 49.2 Å². The van der Waals surface area contributed by atoms with E-state index < -0.39 is 0 Å². The molecule has 2 amide bonds. The Bertz CT molecular complexity index is 928. The third kappa shape index (κ3) is 6.52. The molecule has 0 spiro atoms. The molecule has 0 saturated carbocycles. The van der Waals surface area contributed by atoms with Crippen LogP contribution in [-0.2, 0) is 9.59 Å². The lowest BCUT2D eigenvalue weighted by Gasteiger charge is -2.36. The second kappa shape index (κ2) is 10.7. The Hall–Kier alpha value is -2.44. The van der Waals surface area contributed by atoms with E-state index in [0.29, 0.717) is 46.9 Å². The number of piperazine rings is 1. The predicted octanol–water partition coefficient (Wildman–Crippen LogP) is 4.71. The number of carbonyl (C=O) groups is 2. The highest BCUT2D eigenvalue weighted by Crippen LogP contribution is 2.30. The van der Waals surface area contributed by atoms with Gasteiger partial charge < -0.3 is 19.9 Å². The Morgan fingerprint density at radius 2 is 1.74 bits per heavy atom. The number of hydrogen-bond acceptors (Lipinski definition) is 4. The molecule has 6 nitrogen and oxygen atoms in total. The van der Waals surface area contributed by atoms with Gasteiger partial charge in [0.15, 0.2) is 6.61 Å². The molecule has 166 valence electrons. The number of rotatable bonds is 7. The number of benzene rings is 2. The first kappa shape index (κ1) is 23.2. The Kier molecular flexibility index (Phi) is 8.04. The van der Waals surface area contributed by atoms with Crippen molar-refractivity contribution in [2.75, 3.05) is 43.0 Å². The van der Waals surface area contributed by atoms with E-state index in [1.54, 1.807) is 30.3 Å². The van der Waals surface area contributed by atoms with Crippen molar-refractivity contribution in [1.29, 1.82) is 0 Å². The zero-order chi connectivity index (χ0) is 22.4. The summed E-state index contributed by atoms with van der Waals surface area (Å²) in [6, 6.07) is 12.4. The first-order valence-corrected chi connectivity index (χ1v) is 11.1. The third-order valence-corrected chi connectivity index (χ3v) is 5.60. The van der Waals surface area contributed by atoms with Gasteiger partial charge in [-0.15, -0.1) is 0 Å². The minimum Gasteiger partial charge on any atom is -0.482 e. The van der Waals surface area contributed by atoms with Gasteiger partial charge in [-0.25, -0.2) is 0 Å². The Balaban J connectivity index is 1.52. The first-order valence-electron chi connectivity index (χ1n) is 10.3. The molecular weight excluding hydrogens is 437 g/mol. The number of ether oxygens (including phenoxy) is 1. The number of amides is 2. The average molecular weight is 464 g/mol. The number of nitrogens with one attached hydrogen (secondary N) is 1. The molecule has 0 atom stereocenters. The van der Waals surface area contributed by atoms with E-state index in [-0.39, 0.29) is 18.4 Å². The summed E-state index contributed by atoms with van der Waals surface area (Å²) in [4.78, 5) is 28.5. The summed E-state index contributed by atoms with van der Waals surface area (Å²) in [5.74, 6) is 0.718. The molecule has 3 rings (SSSR count). The lowest BCUT2D eigenvalue weighted by Crippen LogP contribution is -2.49. The SMILES string of the molecule is CC(C)CC(=O)N1CCN(c2ccc(NC(=O)COc3ccccc3Cl)cc2Cl)CC1. The van der Waals surface area contributed by atoms with Crippen LogP contribution >= 0.6 is 23.2 Å². The number of anilines is 2. The van der Waals surface area contributed by atoms with Crippen molar-refractivity contribution in [2.45, 2.75) is 20.3 Å². The van der Waals surface area contributed by atoms with Crippen LogP contribution in [0.25, 0.3) is 0 Å². The summed E-state index contributed by atoms with van der Waals surface area (Å²) in [7, 11) is 0. The lowest BCUT2D eigenvalue weighted by molar-refractivity contribution is -0.132. The molecular formula is C23H27Cl2N3O3. The maximum Gasteiger partial charge on any atom is 0.262 e. The van der Waals surface area contributed by atoms with Gasteiger partial charge in [0, 0.05) is 38.3 Å². The van der Waals surface area contributed by atoms with Crippen molar-refractivity contribution >= 4 is 46.4 Å². The van der Waals surface area contributed by atoms with Gasteiger partial charge in [0.2, 0.25) is 5.91 Å². The average Bonchev–Trinajstić information content (AvgIpc) is 2.73. The summed E-state index contributed by atoms with van der Waals surface area (Å²) in [6.07, 6.45) is 0.579. The summed E-state index contributed by atoms with van der Waals surface area (Å²) in [5.41, 5.74) is 1.48. The largest absolute Gasteiger partial charge is 0.482 e. The molecule has 8 heteroatoms. The monoisotopic (exact) mass is 463 g/mol. The van der Waals surface area contributed by atoms with Crippen LogP contribution in [0.1, 0.15) is 20.3 Å². The lowest BCUT2D eigenvalue weighted by atomic mass is 10.1. The van der Waals surface area contributed by atoms with E-state index in [1.165, 1.54) is 0 Å². The van der Waals surface area contributed by atoms with E-state index in [1.807, 2.05) is 17.0 Å². The van der Waals surface area contributed by atoms with Gasteiger partial charge in [-0.2, -0.15) is 0 Å². The van der Waals surface area contributed by atoms with Gasteiger partial charge in [0.1, 0.15) is 5.75 Å². The molecule has 2 aromatic rings. The fraction of sp³-hybridized carbons (Fsp3) is 0.391. The van der Waals surface area contributed by atoms with E-state index in [9.17, 15) is 9.59 Å². The van der Waals surface area contributed by atoms with Crippen LogP contribution in [0.4, 0.5) is 11.4 Å². The summed E-state index contributed by atoms with van der Waals surface area (Å²) < 4.78 is 5.46. The Morgan fingerprint density at radius 3 is 2.39 bits per heavy atom. The highest BCUT2D eigenvalue weighted by Gasteiger charge is 2.23. The molecule has 31 heavy (non-hydrogen) atoms. The van der Waals surface area contributed by atoms with Crippen molar-refractivity contribution in [1.82, 2.24) is 4.90 Å². The van der Waals surface area contributed by atoms with Gasteiger partial charge in [-0.05, 0) is 36.2 Å². The normalized spacial score (nSPS) is 14.0. The van der Waals surface area contributed by atoms with E-state index in [0.717, 1.165) is 18.8 Å². The summed E-state index contributed by atoms with van der Waals surface area (Å²) in [5, 5.41) is 3.78. The number of carbonyl (C=O) groups excluding carboxylic acids is 2. The minimum atomic E-state index is -0.305. The molecule has 0 aliphatic carbocycles. The van der Waals surface area contributed by atoms with Crippen molar-refractivity contribution in [2.24, 2.45) is 5.92 Å². The van der Waals surface area contributed by atoms with Crippen LogP contribution in [0.2, 0.25) is 10.0 Å².